The average molecular weight is 281 g/mol. The Morgan fingerprint density at radius 3 is 1.89 bits per heavy atom. The van der Waals surface area contributed by atoms with Crippen LogP contribution in [0.2, 0.25) is 0 Å². The number of aliphatic carboxylic acids is 1. The fraction of sp³-hybridized carbons (Fsp3) is 0.727. The van der Waals surface area contributed by atoms with E-state index in [0.29, 0.717) is 0 Å². The number of esters is 2. The number of carbonyl (C=O) groups excluding carboxylic acids is 3. The van der Waals surface area contributed by atoms with Crippen LogP contribution >= 0.6 is 0 Å². The largest absolute Gasteiger partial charge is 0.544 e. The Morgan fingerprint density at radius 2 is 1.58 bits per heavy atom. The molecule has 8 heteroatoms. The van der Waals surface area contributed by atoms with E-state index in [-0.39, 0.29) is 0 Å². The summed E-state index contributed by atoms with van der Waals surface area (Å²) in [5.74, 6) is -9.99. The molecule has 19 heavy (non-hydrogen) atoms. The third-order valence-electron chi connectivity index (χ3n) is 2.15. The second-order valence-electron chi connectivity index (χ2n) is 4.26. The second kappa shape index (κ2) is 6.44. The van der Waals surface area contributed by atoms with Crippen molar-refractivity contribution in [2.24, 2.45) is 5.92 Å². The molecule has 2 unspecified atom stereocenters. The monoisotopic (exact) mass is 281 g/mol. The maximum Gasteiger partial charge on any atom is 0.347 e. The molecule has 2 atom stereocenters. The number of alkyl halides is 2. The molecule has 0 aliphatic rings. The number of rotatable bonds is 6. The molecule has 0 saturated heterocycles. The Hall–Kier alpha value is -1.73. The van der Waals surface area contributed by atoms with E-state index in [1.807, 2.05) is 0 Å². The van der Waals surface area contributed by atoms with Crippen molar-refractivity contribution in [3.8, 4) is 0 Å². The van der Waals surface area contributed by atoms with Crippen LogP contribution < -0.4 is 5.11 Å². The van der Waals surface area contributed by atoms with E-state index >= 15 is 0 Å². The number of hydrogen-bond acceptors (Lipinski definition) is 6. The summed E-state index contributed by atoms with van der Waals surface area (Å²) in [4.78, 5) is 32.4. The highest BCUT2D eigenvalue weighted by Crippen LogP contribution is 2.27. The van der Waals surface area contributed by atoms with Gasteiger partial charge in [0.25, 0.3) is 0 Å². The number of carboxylic acid groups (broad SMARTS) is 1. The van der Waals surface area contributed by atoms with Crippen molar-refractivity contribution < 1.29 is 37.7 Å². The Balaban J connectivity index is 4.92. The Bertz CT molecular complexity index is 366. The fourth-order valence-corrected chi connectivity index (χ4v) is 1.26. The molecule has 0 aromatic carbocycles. The smallest absolute Gasteiger partial charge is 0.347 e. The van der Waals surface area contributed by atoms with Crippen LogP contribution in [0.1, 0.15) is 27.7 Å². The summed E-state index contributed by atoms with van der Waals surface area (Å²) in [6.45, 7) is 4.66. The minimum absolute atomic E-state index is 0.794. The fourth-order valence-electron chi connectivity index (χ4n) is 1.26. The number of hydrogen-bond donors (Lipinski definition) is 0. The summed E-state index contributed by atoms with van der Waals surface area (Å²) < 4.78 is 35.5. The minimum atomic E-state index is -4.33. The molecule has 0 fully saturated rings. The van der Waals surface area contributed by atoms with Crippen LogP contribution in [-0.4, -0.2) is 36.0 Å². The van der Waals surface area contributed by atoms with E-state index in [0.717, 1.165) is 13.8 Å². The van der Waals surface area contributed by atoms with E-state index in [1.54, 1.807) is 0 Å². The summed E-state index contributed by atoms with van der Waals surface area (Å²) in [6, 6.07) is 0. The van der Waals surface area contributed by atoms with Gasteiger partial charge in [-0.05, 0) is 12.8 Å². The third kappa shape index (κ3) is 4.80. The van der Waals surface area contributed by atoms with E-state index in [9.17, 15) is 28.3 Å². The van der Waals surface area contributed by atoms with E-state index < -0.39 is 42.0 Å². The van der Waals surface area contributed by atoms with Crippen LogP contribution in [0, 0.1) is 5.92 Å². The molecule has 0 rings (SSSR count). The van der Waals surface area contributed by atoms with Crippen molar-refractivity contribution >= 4 is 17.9 Å². The van der Waals surface area contributed by atoms with Gasteiger partial charge in [0.2, 0.25) is 0 Å². The molecule has 0 spiro atoms. The van der Waals surface area contributed by atoms with Crippen LogP contribution in [0.3, 0.4) is 0 Å². The Labute approximate surface area is 108 Å². The molecule has 0 bridgehead atoms. The third-order valence-corrected chi connectivity index (χ3v) is 2.15. The Kier molecular flexibility index (Phi) is 5.85. The molecule has 6 nitrogen and oxygen atoms in total. The van der Waals surface area contributed by atoms with Gasteiger partial charge in [-0.3, -0.25) is 4.79 Å². The van der Waals surface area contributed by atoms with E-state index in [4.69, 9.17) is 0 Å². The molecule has 110 valence electrons. The molecular weight excluding hydrogens is 266 g/mol. The molecule has 0 saturated carbocycles. The second-order valence-corrected chi connectivity index (χ2v) is 4.26. The van der Waals surface area contributed by atoms with Gasteiger partial charge in [0, 0.05) is 6.92 Å². The van der Waals surface area contributed by atoms with Crippen molar-refractivity contribution in [3.05, 3.63) is 0 Å². The van der Waals surface area contributed by atoms with E-state index in [1.165, 1.54) is 13.8 Å². The average Bonchev–Trinajstić information content (AvgIpc) is 2.23. The molecular formula is C11H15F2O6-. The van der Waals surface area contributed by atoms with Gasteiger partial charge < -0.3 is 19.4 Å². The lowest BCUT2D eigenvalue weighted by Crippen LogP contribution is -2.54. The molecule has 0 aromatic rings. The summed E-state index contributed by atoms with van der Waals surface area (Å²) >= 11 is 0. The van der Waals surface area contributed by atoms with Gasteiger partial charge in [0.15, 0.2) is 12.2 Å². The molecule has 0 radical (unpaired) electrons. The predicted molar refractivity (Wildman–Crippen MR) is 55.9 cm³/mol. The normalized spacial score (nSPS) is 14.7. The molecule has 0 aliphatic carbocycles. The highest BCUT2D eigenvalue weighted by Gasteiger charge is 2.46. The van der Waals surface area contributed by atoms with Gasteiger partial charge in [-0.1, -0.05) is 13.8 Å². The summed E-state index contributed by atoms with van der Waals surface area (Å²) in [7, 11) is 0. The topological polar surface area (TPSA) is 92.7 Å². The summed E-state index contributed by atoms with van der Waals surface area (Å²) in [6.07, 6.45) is -3.61. The van der Waals surface area contributed by atoms with Crippen molar-refractivity contribution in [2.45, 2.75) is 45.8 Å². The van der Waals surface area contributed by atoms with Gasteiger partial charge in [-0.25, -0.2) is 4.79 Å². The highest BCUT2D eigenvalue weighted by molar-refractivity contribution is 5.79. The number of halogens is 2. The lowest BCUT2D eigenvalue weighted by Gasteiger charge is -2.30. The number of ether oxygens (including phenoxy) is 2. The van der Waals surface area contributed by atoms with Crippen molar-refractivity contribution in [3.63, 3.8) is 0 Å². The first-order chi connectivity index (χ1) is 8.50. The first-order valence-electron chi connectivity index (χ1n) is 5.47. The minimum Gasteiger partial charge on any atom is -0.544 e. The van der Waals surface area contributed by atoms with Gasteiger partial charge in [-0.15, -0.1) is 0 Å². The molecule has 0 aromatic heterocycles. The van der Waals surface area contributed by atoms with Crippen LogP contribution in [0.4, 0.5) is 8.78 Å². The van der Waals surface area contributed by atoms with Crippen molar-refractivity contribution in [2.75, 3.05) is 0 Å². The molecule has 0 amide bonds. The summed E-state index contributed by atoms with van der Waals surface area (Å²) in [5.41, 5.74) is 0. The SMILES string of the molecule is CC(=O)OC(C)C(=O)OC(C(C)C)C(F)(F)C(=O)[O-]. The maximum absolute atomic E-state index is 13.3. The van der Waals surface area contributed by atoms with Gasteiger partial charge in [0.05, 0.1) is 0 Å². The van der Waals surface area contributed by atoms with Crippen LogP contribution in [0.15, 0.2) is 0 Å². The predicted octanol–water partition coefficient (Wildman–Crippen LogP) is -0.109. The van der Waals surface area contributed by atoms with Crippen LogP contribution in [0.5, 0.6) is 0 Å². The van der Waals surface area contributed by atoms with Gasteiger partial charge in [0.1, 0.15) is 5.97 Å². The van der Waals surface area contributed by atoms with Crippen molar-refractivity contribution in [1.82, 2.24) is 0 Å². The van der Waals surface area contributed by atoms with Crippen molar-refractivity contribution in [1.29, 1.82) is 0 Å². The molecule has 0 aliphatic heterocycles. The molecule has 0 heterocycles. The van der Waals surface area contributed by atoms with Crippen LogP contribution in [0.25, 0.3) is 0 Å². The first kappa shape index (κ1) is 17.3. The number of carbonyl (C=O) groups is 3. The zero-order valence-corrected chi connectivity index (χ0v) is 10.9. The summed E-state index contributed by atoms with van der Waals surface area (Å²) in [5, 5.41) is 10.4. The van der Waals surface area contributed by atoms with Gasteiger partial charge in [-0.2, -0.15) is 8.78 Å². The lowest BCUT2D eigenvalue weighted by molar-refractivity contribution is -0.337. The van der Waals surface area contributed by atoms with E-state index in [2.05, 4.69) is 9.47 Å². The van der Waals surface area contributed by atoms with Gasteiger partial charge >= 0.3 is 17.9 Å². The highest BCUT2D eigenvalue weighted by atomic mass is 19.3. The van der Waals surface area contributed by atoms with Crippen LogP contribution in [-0.2, 0) is 23.9 Å². The maximum atomic E-state index is 13.3. The lowest BCUT2D eigenvalue weighted by atomic mass is 10.0. The first-order valence-corrected chi connectivity index (χ1v) is 5.47. The Morgan fingerprint density at radius 1 is 1.11 bits per heavy atom. The zero-order valence-electron chi connectivity index (χ0n) is 10.9. The number of carboxylic acids is 1. The molecule has 0 N–H and O–H groups in total. The quantitative estimate of drug-likeness (QED) is 0.631. The zero-order chi connectivity index (χ0) is 15.4. The standard InChI is InChI=1S/C11H16F2O6/c1-5(2)8(11(12,13)10(16)17)19-9(15)6(3)18-7(4)14/h5-6,8H,1-4H3,(H,16,17)/p-1.